The van der Waals surface area contributed by atoms with Gasteiger partial charge in [0.25, 0.3) is 0 Å². The number of hydrogen-bond donors (Lipinski definition) is 1. The van der Waals surface area contributed by atoms with Gasteiger partial charge in [0.2, 0.25) is 5.91 Å². The highest BCUT2D eigenvalue weighted by Crippen LogP contribution is 2.33. The van der Waals surface area contributed by atoms with Crippen LogP contribution in [0, 0.1) is 17.8 Å². The summed E-state index contributed by atoms with van der Waals surface area (Å²) in [4.78, 5) is 11.6. The van der Waals surface area contributed by atoms with E-state index in [0.717, 1.165) is 0 Å². The van der Waals surface area contributed by atoms with E-state index in [2.05, 4.69) is 31.3 Å². The van der Waals surface area contributed by atoms with Crippen LogP contribution in [0.1, 0.15) is 13.8 Å². The summed E-state index contributed by atoms with van der Waals surface area (Å²) in [5.74, 6) is 1.16. The van der Waals surface area contributed by atoms with E-state index < -0.39 is 0 Å². The topological polar surface area (TPSA) is 29.1 Å². The Labute approximate surface area is 78.7 Å². The maximum atomic E-state index is 11.6. The molecule has 1 aliphatic carbocycles. The third-order valence-electron chi connectivity index (χ3n) is 2.92. The van der Waals surface area contributed by atoms with Crippen molar-refractivity contribution in [3.63, 3.8) is 0 Å². The van der Waals surface area contributed by atoms with Gasteiger partial charge in [-0.2, -0.15) is 0 Å². The molecule has 13 heavy (non-hydrogen) atoms. The molecule has 0 spiro atoms. The second kappa shape index (κ2) is 3.02. The Hall–Kier alpha value is -1.05. The molecule has 2 rings (SSSR count). The Balaban J connectivity index is 2.25. The average Bonchev–Trinajstić information content (AvgIpc) is 2.39. The number of fused-ring (bicyclic) bond motifs is 1. The summed E-state index contributed by atoms with van der Waals surface area (Å²) in [5, 5.41) is 3.01. The van der Waals surface area contributed by atoms with Gasteiger partial charge in [-0.3, -0.25) is 4.79 Å². The van der Waals surface area contributed by atoms with Crippen LogP contribution in [0.5, 0.6) is 0 Å². The van der Waals surface area contributed by atoms with E-state index in [1.165, 1.54) is 0 Å². The molecule has 1 N–H and O–H groups in total. The third kappa shape index (κ3) is 1.30. The Morgan fingerprint density at radius 2 is 2.00 bits per heavy atom. The van der Waals surface area contributed by atoms with Crippen LogP contribution in [-0.2, 0) is 4.79 Å². The summed E-state index contributed by atoms with van der Waals surface area (Å²) < 4.78 is 0. The molecule has 0 bridgehead atoms. The molecule has 1 aliphatic heterocycles. The first-order valence-electron chi connectivity index (χ1n) is 4.85. The molecule has 0 aromatic heterocycles. The van der Waals surface area contributed by atoms with Crippen LogP contribution in [0.25, 0.3) is 0 Å². The van der Waals surface area contributed by atoms with Gasteiger partial charge in [-0.05, 0) is 5.92 Å². The molecule has 0 saturated carbocycles. The molecule has 1 heterocycles. The largest absolute Gasteiger partial charge is 0.349 e. The SMILES string of the molecule is CC(C)C1C(=O)NC2C=CC=CC21. The monoisotopic (exact) mass is 177 g/mol. The van der Waals surface area contributed by atoms with Gasteiger partial charge in [-0.25, -0.2) is 0 Å². The fourth-order valence-electron chi connectivity index (χ4n) is 2.29. The van der Waals surface area contributed by atoms with Crippen LogP contribution in [0.2, 0.25) is 0 Å². The molecule has 1 fully saturated rings. The van der Waals surface area contributed by atoms with Crippen molar-refractivity contribution in [3.05, 3.63) is 24.3 Å². The summed E-state index contributed by atoms with van der Waals surface area (Å²) in [7, 11) is 0. The smallest absolute Gasteiger partial charge is 0.224 e. The highest BCUT2D eigenvalue weighted by atomic mass is 16.2. The zero-order valence-electron chi connectivity index (χ0n) is 8.03. The molecule has 70 valence electrons. The van der Waals surface area contributed by atoms with Crippen LogP contribution in [0.3, 0.4) is 0 Å². The minimum absolute atomic E-state index is 0.159. The normalized spacial score (nSPS) is 36.5. The van der Waals surface area contributed by atoms with E-state index in [0.29, 0.717) is 11.8 Å². The van der Waals surface area contributed by atoms with E-state index >= 15 is 0 Å². The van der Waals surface area contributed by atoms with Gasteiger partial charge in [0.15, 0.2) is 0 Å². The summed E-state index contributed by atoms with van der Waals surface area (Å²) in [5.41, 5.74) is 0. The quantitative estimate of drug-likeness (QED) is 0.646. The summed E-state index contributed by atoms with van der Waals surface area (Å²) >= 11 is 0. The van der Waals surface area contributed by atoms with Crippen LogP contribution in [0.15, 0.2) is 24.3 Å². The van der Waals surface area contributed by atoms with Gasteiger partial charge in [0.05, 0.1) is 6.04 Å². The Morgan fingerprint density at radius 3 is 2.69 bits per heavy atom. The lowest BCUT2D eigenvalue weighted by molar-refractivity contribution is -0.123. The molecule has 0 radical (unpaired) electrons. The Kier molecular flexibility index (Phi) is 1.98. The van der Waals surface area contributed by atoms with E-state index in [1.54, 1.807) is 0 Å². The van der Waals surface area contributed by atoms with Crippen molar-refractivity contribution in [2.45, 2.75) is 19.9 Å². The molecular weight excluding hydrogens is 162 g/mol. The van der Waals surface area contributed by atoms with Crippen molar-refractivity contribution in [2.24, 2.45) is 17.8 Å². The zero-order valence-corrected chi connectivity index (χ0v) is 8.03. The number of carbonyl (C=O) groups is 1. The van der Waals surface area contributed by atoms with Crippen molar-refractivity contribution in [2.75, 3.05) is 0 Å². The molecule has 3 atom stereocenters. The average molecular weight is 177 g/mol. The van der Waals surface area contributed by atoms with Crippen molar-refractivity contribution < 1.29 is 4.79 Å². The van der Waals surface area contributed by atoms with Crippen LogP contribution >= 0.6 is 0 Å². The number of carbonyl (C=O) groups excluding carboxylic acids is 1. The lowest BCUT2D eigenvalue weighted by Gasteiger charge is -2.21. The molecule has 2 aliphatic rings. The number of allylic oxidation sites excluding steroid dienone is 2. The van der Waals surface area contributed by atoms with E-state index in [-0.39, 0.29) is 17.9 Å². The van der Waals surface area contributed by atoms with Crippen LogP contribution < -0.4 is 5.32 Å². The number of amides is 1. The lowest BCUT2D eigenvalue weighted by Crippen LogP contribution is -2.26. The van der Waals surface area contributed by atoms with E-state index in [4.69, 9.17) is 0 Å². The highest BCUT2D eigenvalue weighted by Gasteiger charge is 2.41. The Bertz CT molecular complexity index is 278. The number of nitrogens with one attached hydrogen (secondary N) is 1. The highest BCUT2D eigenvalue weighted by molar-refractivity contribution is 5.83. The second-order valence-electron chi connectivity index (χ2n) is 4.15. The molecule has 2 nitrogen and oxygen atoms in total. The van der Waals surface area contributed by atoms with Crippen molar-refractivity contribution >= 4 is 5.91 Å². The van der Waals surface area contributed by atoms with Crippen molar-refractivity contribution in [3.8, 4) is 0 Å². The molecule has 0 aromatic carbocycles. The molecule has 2 heteroatoms. The Morgan fingerprint density at radius 1 is 1.31 bits per heavy atom. The predicted octanol–water partition coefficient (Wildman–Crippen LogP) is 1.50. The van der Waals surface area contributed by atoms with Crippen molar-refractivity contribution in [1.82, 2.24) is 5.32 Å². The lowest BCUT2D eigenvalue weighted by atomic mass is 9.81. The second-order valence-corrected chi connectivity index (χ2v) is 4.15. The molecule has 3 unspecified atom stereocenters. The predicted molar refractivity (Wildman–Crippen MR) is 52.0 cm³/mol. The van der Waals surface area contributed by atoms with Gasteiger partial charge < -0.3 is 5.32 Å². The third-order valence-corrected chi connectivity index (χ3v) is 2.92. The maximum Gasteiger partial charge on any atom is 0.224 e. The fraction of sp³-hybridized carbons (Fsp3) is 0.545. The van der Waals surface area contributed by atoms with Gasteiger partial charge >= 0.3 is 0 Å². The summed E-state index contributed by atoms with van der Waals surface area (Å²) in [6, 6.07) is 0.241. The van der Waals surface area contributed by atoms with Crippen LogP contribution in [-0.4, -0.2) is 11.9 Å². The number of rotatable bonds is 1. The first kappa shape index (κ1) is 8.54. The van der Waals surface area contributed by atoms with E-state index in [9.17, 15) is 4.79 Å². The first-order chi connectivity index (χ1) is 6.20. The zero-order chi connectivity index (χ0) is 9.42. The van der Waals surface area contributed by atoms with Crippen LogP contribution in [0.4, 0.5) is 0 Å². The standard InChI is InChI=1S/C11H15NO/c1-7(2)10-8-5-3-4-6-9(8)12-11(10)13/h3-10H,1-2H3,(H,12,13). The summed E-state index contributed by atoms with van der Waals surface area (Å²) in [6.45, 7) is 4.22. The molecule has 1 amide bonds. The fourth-order valence-corrected chi connectivity index (χ4v) is 2.29. The maximum absolute atomic E-state index is 11.6. The van der Waals surface area contributed by atoms with E-state index in [1.807, 2.05) is 12.2 Å². The van der Waals surface area contributed by atoms with Crippen molar-refractivity contribution in [1.29, 1.82) is 0 Å². The minimum Gasteiger partial charge on any atom is -0.349 e. The number of hydrogen-bond acceptors (Lipinski definition) is 1. The summed E-state index contributed by atoms with van der Waals surface area (Å²) in [6.07, 6.45) is 8.26. The molecular formula is C11H15NO. The molecule has 0 aromatic rings. The first-order valence-corrected chi connectivity index (χ1v) is 4.85. The van der Waals surface area contributed by atoms with Gasteiger partial charge in [-0.1, -0.05) is 38.2 Å². The minimum atomic E-state index is 0.159. The van der Waals surface area contributed by atoms with Gasteiger partial charge in [0, 0.05) is 11.8 Å². The van der Waals surface area contributed by atoms with Gasteiger partial charge in [-0.15, -0.1) is 0 Å². The van der Waals surface area contributed by atoms with Gasteiger partial charge in [0.1, 0.15) is 0 Å². The molecule has 1 saturated heterocycles.